The minimum atomic E-state index is 0.00447. The lowest BCUT2D eigenvalue weighted by molar-refractivity contribution is 0.0992. The first-order valence-electron chi connectivity index (χ1n) is 5.46. The summed E-state index contributed by atoms with van der Waals surface area (Å²) in [6.45, 7) is 1.82. The molecule has 0 saturated heterocycles. The standard InChI is InChI=1S/C14H11Cl2NO/c1-9-12(3-2-6-17-9)14(18)7-10-4-5-11(15)8-13(10)16/h2-6,8H,7H2,1H3. The van der Waals surface area contributed by atoms with Crippen LogP contribution in [-0.4, -0.2) is 10.8 Å². The second kappa shape index (κ2) is 5.51. The fraction of sp³-hybridized carbons (Fsp3) is 0.143. The zero-order valence-corrected chi connectivity index (χ0v) is 11.3. The van der Waals surface area contributed by atoms with Crippen LogP contribution < -0.4 is 0 Å². The predicted molar refractivity (Wildman–Crippen MR) is 73.5 cm³/mol. The molecule has 4 heteroatoms. The van der Waals surface area contributed by atoms with Gasteiger partial charge in [0.1, 0.15) is 0 Å². The molecule has 0 unspecified atom stereocenters. The van der Waals surface area contributed by atoms with E-state index in [1.807, 2.05) is 6.92 Å². The average molecular weight is 280 g/mol. The van der Waals surface area contributed by atoms with Gasteiger partial charge >= 0.3 is 0 Å². The lowest BCUT2D eigenvalue weighted by atomic mass is 10.0. The van der Waals surface area contributed by atoms with Gasteiger partial charge in [-0.05, 0) is 36.8 Å². The van der Waals surface area contributed by atoms with Crippen molar-refractivity contribution in [1.29, 1.82) is 0 Å². The topological polar surface area (TPSA) is 30.0 Å². The van der Waals surface area contributed by atoms with E-state index in [4.69, 9.17) is 23.2 Å². The van der Waals surface area contributed by atoms with Crippen molar-refractivity contribution < 1.29 is 4.79 Å². The number of pyridine rings is 1. The summed E-state index contributed by atoms with van der Waals surface area (Å²) in [7, 11) is 0. The second-order valence-corrected chi connectivity index (χ2v) is 4.82. The van der Waals surface area contributed by atoms with Crippen LogP contribution in [0.4, 0.5) is 0 Å². The zero-order chi connectivity index (χ0) is 13.1. The molecule has 0 N–H and O–H groups in total. The first-order chi connectivity index (χ1) is 8.58. The van der Waals surface area contributed by atoms with E-state index in [0.29, 0.717) is 15.6 Å². The van der Waals surface area contributed by atoms with Crippen molar-refractivity contribution in [3.63, 3.8) is 0 Å². The molecule has 0 spiro atoms. The van der Waals surface area contributed by atoms with E-state index in [2.05, 4.69) is 4.98 Å². The molecule has 0 fully saturated rings. The van der Waals surface area contributed by atoms with Crippen LogP contribution in [0.5, 0.6) is 0 Å². The lowest BCUT2D eigenvalue weighted by Gasteiger charge is -2.06. The van der Waals surface area contributed by atoms with E-state index >= 15 is 0 Å². The van der Waals surface area contributed by atoms with Gasteiger partial charge in [-0.3, -0.25) is 9.78 Å². The van der Waals surface area contributed by atoms with Gasteiger partial charge < -0.3 is 0 Å². The molecule has 2 rings (SSSR count). The first-order valence-corrected chi connectivity index (χ1v) is 6.22. The highest BCUT2D eigenvalue weighted by Crippen LogP contribution is 2.22. The Labute approximate surface area is 116 Å². The number of benzene rings is 1. The van der Waals surface area contributed by atoms with Crippen LogP contribution in [0.2, 0.25) is 10.0 Å². The fourth-order valence-electron chi connectivity index (χ4n) is 1.71. The Morgan fingerprint density at radius 2 is 2.06 bits per heavy atom. The summed E-state index contributed by atoms with van der Waals surface area (Å²) >= 11 is 11.9. The van der Waals surface area contributed by atoms with E-state index in [-0.39, 0.29) is 12.2 Å². The first kappa shape index (κ1) is 13.1. The van der Waals surface area contributed by atoms with Crippen molar-refractivity contribution in [3.05, 3.63) is 63.4 Å². The van der Waals surface area contributed by atoms with Crippen LogP contribution in [0.15, 0.2) is 36.5 Å². The van der Waals surface area contributed by atoms with Crippen LogP contribution in [0, 0.1) is 6.92 Å². The summed E-state index contributed by atoms with van der Waals surface area (Å²) in [5.41, 5.74) is 2.13. The number of rotatable bonds is 3. The van der Waals surface area contributed by atoms with Crippen molar-refractivity contribution in [2.45, 2.75) is 13.3 Å². The number of nitrogens with zero attached hydrogens (tertiary/aromatic N) is 1. The molecule has 1 aromatic heterocycles. The average Bonchev–Trinajstić information content (AvgIpc) is 2.33. The highest BCUT2D eigenvalue weighted by Gasteiger charge is 2.12. The molecule has 0 amide bonds. The number of halogens is 2. The van der Waals surface area contributed by atoms with E-state index < -0.39 is 0 Å². The van der Waals surface area contributed by atoms with Gasteiger partial charge in [-0.15, -0.1) is 0 Å². The Morgan fingerprint density at radius 1 is 1.28 bits per heavy atom. The van der Waals surface area contributed by atoms with Crippen molar-refractivity contribution in [3.8, 4) is 0 Å². The minimum absolute atomic E-state index is 0.00447. The summed E-state index contributed by atoms with van der Waals surface area (Å²) < 4.78 is 0. The Morgan fingerprint density at radius 3 is 2.72 bits per heavy atom. The molecule has 92 valence electrons. The normalized spacial score (nSPS) is 10.4. The van der Waals surface area contributed by atoms with Crippen LogP contribution in [0.3, 0.4) is 0 Å². The maximum atomic E-state index is 12.1. The predicted octanol–water partition coefficient (Wildman–Crippen LogP) is 4.12. The Kier molecular flexibility index (Phi) is 4.00. The SMILES string of the molecule is Cc1ncccc1C(=O)Cc1ccc(Cl)cc1Cl. The molecule has 2 nitrogen and oxygen atoms in total. The zero-order valence-electron chi connectivity index (χ0n) is 9.78. The molecule has 0 aliphatic heterocycles. The number of ketones is 1. The molecular formula is C14H11Cl2NO. The molecule has 1 aromatic carbocycles. The minimum Gasteiger partial charge on any atom is -0.294 e. The van der Waals surface area contributed by atoms with Crippen LogP contribution in [0.1, 0.15) is 21.6 Å². The van der Waals surface area contributed by atoms with Crippen molar-refractivity contribution in [1.82, 2.24) is 4.98 Å². The number of carbonyl (C=O) groups is 1. The molecule has 0 bridgehead atoms. The van der Waals surface area contributed by atoms with Gasteiger partial charge in [-0.25, -0.2) is 0 Å². The quantitative estimate of drug-likeness (QED) is 0.791. The highest BCUT2D eigenvalue weighted by molar-refractivity contribution is 6.35. The summed E-state index contributed by atoms with van der Waals surface area (Å²) in [4.78, 5) is 16.2. The Bertz CT molecular complexity index is 596. The molecule has 0 atom stereocenters. The Balaban J connectivity index is 2.24. The smallest absolute Gasteiger partial charge is 0.169 e. The van der Waals surface area contributed by atoms with Gasteiger partial charge in [0.15, 0.2) is 5.78 Å². The third-order valence-corrected chi connectivity index (χ3v) is 3.26. The maximum absolute atomic E-state index is 12.1. The second-order valence-electron chi connectivity index (χ2n) is 3.97. The lowest BCUT2D eigenvalue weighted by Crippen LogP contribution is -2.06. The third-order valence-electron chi connectivity index (χ3n) is 2.67. The molecule has 0 aliphatic carbocycles. The number of Topliss-reactive ketones (excluding diaryl/α,β-unsaturated/α-hetero) is 1. The van der Waals surface area contributed by atoms with Crippen molar-refractivity contribution in [2.24, 2.45) is 0 Å². The summed E-state index contributed by atoms with van der Waals surface area (Å²) in [6.07, 6.45) is 1.92. The van der Waals surface area contributed by atoms with Gasteiger partial charge in [-0.1, -0.05) is 29.3 Å². The number of hydrogen-bond acceptors (Lipinski definition) is 2. The highest BCUT2D eigenvalue weighted by atomic mass is 35.5. The maximum Gasteiger partial charge on any atom is 0.169 e. The van der Waals surface area contributed by atoms with Crippen LogP contribution in [0.25, 0.3) is 0 Å². The van der Waals surface area contributed by atoms with Gasteiger partial charge in [0.25, 0.3) is 0 Å². The third kappa shape index (κ3) is 2.89. The van der Waals surface area contributed by atoms with Gasteiger partial charge in [0.05, 0.1) is 0 Å². The monoisotopic (exact) mass is 279 g/mol. The number of carbonyl (C=O) groups excluding carboxylic acids is 1. The summed E-state index contributed by atoms with van der Waals surface area (Å²) in [5.74, 6) is 0.00447. The van der Waals surface area contributed by atoms with Crippen LogP contribution in [-0.2, 0) is 6.42 Å². The summed E-state index contributed by atoms with van der Waals surface area (Å²) in [5, 5.41) is 1.08. The van der Waals surface area contributed by atoms with E-state index in [0.717, 1.165) is 11.3 Å². The van der Waals surface area contributed by atoms with Gasteiger partial charge in [-0.2, -0.15) is 0 Å². The molecule has 18 heavy (non-hydrogen) atoms. The van der Waals surface area contributed by atoms with Gasteiger partial charge in [0.2, 0.25) is 0 Å². The van der Waals surface area contributed by atoms with Crippen molar-refractivity contribution in [2.75, 3.05) is 0 Å². The fourth-order valence-corrected chi connectivity index (χ4v) is 2.19. The molecule has 2 aromatic rings. The molecule has 1 heterocycles. The van der Waals surface area contributed by atoms with E-state index in [9.17, 15) is 4.79 Å². The van der Waals surface area contributed by atoms with Crippen molar-refractivity contribution >= 4 is 29.0 Å². The Hall–Kier alpha value is -1.38. The van der Waals surface area contributed by atoms with E-state index in [1.165, 1.54) is 0 Å². The largest absolute Gasteiger partial charge is 0.294 e. The summed E-state index contributed by atoms with van der Waals surface area (Å²) in [6, 6.07) is 8.67. The molecule has 0 radical (unpaired) electrons. The number of aromatic nitrogens is 1. The molecule has 0 aliphatic rings. The van der Waals surface area contributed by atoms with E-state index in [1.54, 1.807) is 36.5 Å². The van der Waals surface area contributed by atoms with Crippen LogP contribution >= 0.6 is 23.2 Å². The molecular weight excluding hydrogens is 269 g/mol. The van der Waals surface area contributed by atoms with Gasteiger partial charge in [0, 0.05) is 33.9 Å². The molecule has 0 saturated carbocycles. The number of aryl methyl sites for hydroxylation is 1. The number of hydrogen-bond donors (Lipinski definition) is 0.